The molecule has 1 aromatic carbocycles. The number of aryl methyl sites for hydroxylation is 2. The van der Waals surface area contributed by atoms with Crippen LogP contribution in [0.3, 0.4) is 0 Å². The lowest BCUT2D eigenvalue weighted by Crippen LogP contribution is -2.08. The Hall–Kier alpha value is -1.90. The molecule has 3 heteroatoms. The van der Waals surface area contributed by atoms with E-state index in [4.69, 9.17) is 0 Å². The van der Waals surface area contributed by atoms with Crippen LogP contribution >= 0.6 is 0 Å². The maximum Gasteiger partial charge on any atom is 0.211 e. The van der Waals surface area contributed by atoms with Crippen LogP contribution in [0.2, 0.25) is 0 Å². The van der Waals surface area contributed by atoms with Gasteiger partial charge in [0.05, 0.1) is 0 Å². The molecular formula is C13H14N2O. The van der Waals surface area contributed by atoms with E-state index in [1.165, 1.54) is 5.56 Å². The Morgan fingerprint density at radius 3 is 2.81 bits per heavy atom. The van der Waals surface area contributed by atoms with Gasteiger partial charge in [0.25, 0.3) is 0 Å². The molecule has 82 valence electrons. The first-order valence-corrected chi connectivity index (χ1v) is 5.34. The van der Waals surface area contributed by atoms with E-state index >= 15 is 0 Å². The lowest BCUT2D eigenvalue weighted by atomic mass is 10.0. The predicted octanol–water partition coefficient (Wildman–Crippen LogP) is 2.21. The van der Waals surface area contributed by atoms with Gasteiger partial charge >= 0.3 is 0 Å². The van der Waals surface area contributed by atoms with Crippen LogP contribution in [-0.4, -0.2) is 15.6 Å². The van der Waals surface area contributed by atoms with Crippen LogP contribution < -0.4 is 0 Å². The van der Waals surface area contributed by atoms with Gasteiger partial charge in [-0.1, -0.05) is 25.1 Å². The average Bonchev–Trinajstić information content (AvgIpc) is 2.74. The topological polar surface area (TPSA) is 34.9 Å². The zero-order valence-corrected chi connectivity index (χ0v) is 9.47. The Balaban J connectivity index is 2.38. The maximum absolute atomic E-state index is 12.1. The maximum atomic E-state index is 12.1. The van der Waals surface area contributed by atoms with Crippen molar-refractivity contribution in [2.24, 2.45) is 7.05 Å². The third-order valence-corrected chi connectivity index (χ3v) is 2.65. The van der Waals surface area contributed by atoms with Crippen LogP contribution in [0.15, 0.2) is 36.5 Å². The van der Waals surface area contributed by atoms with E-state index < -0.39 is 0 Å². The smallest absolute Gasteiger partial charge is 0.211 e. The van der Waals surface area contributed by atoms with Gasteiger partial charge in [0, 0.05) is 18.8 Å². The van der Waals surface area contributed by atoms with Crippen molar-refractivity contribution in [2.45, 2.75) is 13.3 Å². The third-order valence-electron chi connectivity index (χ3n) is 2.65. The van der Waals surface area contributed by atoms with Gasteiger partial charge in [0.1, 0.15) is 5.69 Å². The van der Waals surface area contributed by atoms with Crippen LogP contribution in [0.1, 0.15) is 28.5 Å². The number of hydrogen-bond donors (Lipinski definition) is 0. The van der Waals surface area contributed by atoms with Gasteiger partial charge in [-0.3, -0.25) is 9.48 Å². The summed E-state index contributed by atoms with van der Waals surface area (Å²) in [5.41, 5.74) is 2.52. The normalized spacial score (nSPS) is 10.4. The second-order valence-electron chi connectivity index (χ2n) is 3.72. The number of rotatable bonds is 3. The molecule has 16 heavy (non-hydrogen) atoms. The molecule has 0 radical (unpaired) electrons. The number of hydrogen-bond acceptors (Lipinski definition) is 2. The molecule has 0 spiro atoms. The van der Waals surface area contributed by atoms with Gasteiger partial charge in [-0.25, -0.2) is 0 Å². The first-order valence-electron chi connectivity index (χ1n) is 5.34. The van der Waals surface area contributed by atoms with Gasteiger partial charge in [0.2, 0.25) is 5.78 Å². The minimum Gasteiger partial charge on any atom is -0.287 e. The molecule has 0 aliphatic carbocycles. The largest absolute Gasteiger partial charge is 0.287 e. The molecule has 0 fully saturated rings. The minimum absolute atomic E-state index is 0.0234. The highest BCUT2D eigenvalue weighted by atomic mass is 16.1. The van der Waals surface area contributed by atoms with Crippen LogP contribution in [-0.2, 0) is 13.5 Å². The summed E-state index contributed by atoms with van der Waals surface area (Å²) < 4.78 is 1.60. The monoisotopic (exact) mass is 214 g/mol. The van der Waals surface area contributed by atoms with Crippen molar-refractivity contribution in [1.82, 2.24) is 9.78 Å². The van der Waals surface area contributed by atoms with Crippen molar-refractivity contribution in [3.8, 4) is 0 Å². The summed E-state index contributed by atoms with van der Waals surface area (Å²) in [6, 6.07) is 9.47. The van der Waals surface area contributed by atoms with Crippen LogP contribution in [0.4, 0.5) is 0 Å². The highest BCUT2D eigenvalue weighted by Crippen LogP contribution is 2.11. The third kappa shape index (κ3) is 1.89. The van der Waals surface area contributed by atoms with E-state index in [9.17, 15) is 4.79 Å². The summed E-state index contributed by atoms with van der Waals surface area (Å²) in [6.07, 6.45) is 2.57. The zero-order chi connectivity index (χ0) is 11.5. The van der Waals surface area contributed by atoms with Gasteiger partial charge in [-0.15, -0.1) is 0 Å². The SMILES string of the molecule is CCc1cccc(C(=O)c2ccnn2C)c1. The van der Waals surface area contributed by atoms with E-state index in [0.717, 1.165) is 12.0 Å². The average molecular weight is 214 g/mol. The molecule has 1 heterocycles. The summed E-state index contributed by atoms with van der Waals surface area (Å²) in [5, 5.41) is 4.00. The summed E-state index contributed by atoms with van der Waals surface area (Å²) in [7, 11) is 1.77. The second-order valence-corrected chi connectivity index (χ2v) is 3.72. The van der Waals surface area contributed by atoms with Crippen LogP contribution in [0, 0.1) is 0 Å². The Kier molecular flexibility index (Phi) is 2.86. The molecule has 2 aromatic rings. The molecule has 0 atom stereocenters. The fourth-order valence-corrected chi connectivity index (χ4v) is 1.68. The Labute approximate surface area is 94.7 Å². The van der Waals surface area contributed by atoms with E-state index in [2.05, 4.69) is 12.0 Å². The molecule has 0 bridgehead atoms. The van der Waals surface area contributed by atoms with E-state index in [-0.39, 0.29) is 5.78 Å². The van der Waals surface area contributed by atoms with E-state index in [1.54, 1.807) is 24.0 Å². The van der Waals surface area contributed by atoms with Gasteiger partial charge in [-0.2, -0.15) is 5.10 Å². The standard InChI is InChI=1S/C13H14N2O/c1-3-10-5-4-6-11(9-10)13(16)12-7-8-14-15(12)2/h4-9H,3H2,1-2H3. The predicted molar refractivity (Wildman–Crippen MR) is 62.5 cm³/mol. The van der Waals surface area contributed by atoms with Crippen molar-refractivity contribution in [2.75, 3.05) is 0 Å². The summed E-state index contributed by atoms with van der Waals surface area (Å²) >= 11 is 0. The van der Waals surface area contributed by atoms with Gasteiger partial charge in [-0.05, 0) is 24.1 Å². The molecule has 0 unspecified atom stereocenters. The number of carbonyl (C=O) groups excluding carboxylic acids is 1. The first-order chi connectivity index (χ1) is 7.72. The van der Waals surface area contributed by atoms with Crippen LogP contribution in [0.5, 0.6) is 0 Å². The number of aromatic nitrogens is 2. The number of nitrogens with zero attached hydrogens (tertiary/aromatic N) is 2. The highest BCUT2D eigenvalue weighted by molar-refractivity contribution is 6.07. The Morgan fingerprint density at radius 1 is 1.38 bits per heavy atom. The Bertz CT molecular complexity index is 514. The molecule has 1 aromatic heterocycles. The number of ketones is 1. The summed E-state index contributed by atoms with van der Waals surface area (Å²) in [4.78, 5) is 12.1. The summed E-state index contributed by atoms with van der Waals surface area (Å²) in [5.74, 6) is 0.0234. The number of benzene rings is 1. The molecule has 0 aliphatic rings. The first kappa shape index (κ1) is 10.6. The fourth-order valence-electron chi connectivity index (χ4n) is 1.68. The van der Waals surface area contributed by atoms with Crippen molar-refractivity contribution >= 4 is 5.78 Å². The van der Waals surface area contributed by atoms with Crippen molar-refractivity contribution in [3.63, 3.8) is 0 Å². The van der Waals surface area contributed by atoms with Gasteiger partial charge in [0.15, 0.2) is 0 Å². The highest BCUT2D eigenvalue weighted by Gasteiger charge is 2.12. The zero-order valence-electron chi connectivity index (χ0n) is 9.47. The van der Waals surface area contributed by atoms with E-state index in [1.807, 2.05) is 24.3 Å². The molecule has 2 rings (SSSR count). The van der Waals surface area contributed by atoms with E-state index in [0.29, 0.717) is 5.69 Å². The molecule has 0 amide bonds. The fraction of sp³-hybridized carbons (Fsp3) is 0.231. The molecule has 0 aliphatic heterocycles. The molecule has 0 saturated carbocycles. The molecule has 3 nitrogen and oxygen atoms in total. The minimum atomic E-state index is 0.0234. The quantitative estimate of drug-likeness (QED) is 0.734. The van der Waals surface area contributed by atoms with Crippen molar-refractivity contribution in [3.05, 3.63) is 53.3 Å². The van der Waals surface area contributed by atoms with Gasteiger partial charge < -0.3 is 0 Å². The van der Waals surface area contributed by atoms with Crippen molar-refractivity contribution in [1.29, 1.82) is 0 Å². The number of carbonyl (C=O) groups is 1. The molecular weight excluding hydrogens is 200 g/mol. The summed E-state index contributed by atoms with van der Waals surface area (Å²) in [6.45, 7) is 2.08. The van der Waals surface area contributed by atoms with Crippen LogP contribution in [0.25, 0.3) is 0 Å². The van der Waals surface area contributed by atoms with Crippen molar-refractivity contribution < 1.29 is 4.79 Å². The second kappa shape index (κ2) is 4.31. The molecule has 0 N–H and O–H groups in total. The lowest BCUT2D eigenvalue weighted by Gasteiger charge is -2.03. The molecule has 0 saturated heterocycles. The lowest BCUT2D eigenvalue weighted by molar-refractivity contribution is 0.103. The Morgan fingerprint density at radius 2 is 2.19 bits per heavy atom.